The molecule has 0 atom stereocenters. The Morgan fingerprint density at radius 2 is 2.36 bits per heavy atom. The first-order valence-electron chi connectivity index (χ1n) is 3.35. The highest BCUT2D eigenvalue weighted by atomic mass is 35.5. The van der Waals surface area contributed by atoms with Crippen LogP contribution < -0.4 is 0 Å². The van der Waals surface area contributed by atoms with Crippen molar-refractivity contribution < 1.29 is 0 Å². The molecule has 0 aromatic carbocycles. The van der Waals surface area contributed by atoms with Crippen LogP contribution in [-0.2, 0) is 7.05 Å². The van der Waals surface area contributed by atoms with E-state index < -0.39 is 0 Å². The zero-order valence-electron chi connectivity index (χ0n) is 6.08. The van der Waals surface area contributed by atoms with Gasteiger partial charge in [-0.2, -0.15) is 0 Å². The molecule has 0 saturated carbocycles. The van der Waals surface area contributed by atoms with E-state index >= 15 is 0 Å². The third-order valence-corrected chi connectivity index (χ3v) is 2.09. The van der Waals surface area contributed by atoms with Gasteiger partial charge in [-0.25, -0.2) is 4.98 Å². The molecule has 2 nitrogen and oxygen atoms in total. The quantitative estimate of drug-likeness (QED) is 0.587. The van der Waals surface area contributed by atoms with Gasteiger partial charge in [0.1, 0.15) is 10.8 Å². The number of aromatic nitrogens is 2. The van der Waals surface area contributed by atoms with Gasteiger partial charge in [-0.1, -0.05) is 11.6 Å². The minimum Gasteiger partial charge on any atom is -0.320 e. The standard InChI is InChI=1S/C8H7ClN2/c1-11-7(9)5-6-3-2-4-10-8(6)11/h2-5H,1H3. The predicted molar refractivity (Wildman–Crippen MR) is 45.7 cm³/mol. The van der Waals surface area contributed by atoms with Crippen LogP contribution in [0.5, 0.6) is 0 Å². The molecule has 0 spiro atoms. The van der Waals surface area contributed by atoms with Gasteiger partial charge >= 0.3 is 0 Å². The Hall–Kier alpha value is -1.02. The first-order chi connectivity index (χ1) is 5.29. The molecule has 11 heavy (non-hydrogen) atoms. The number of aryl methyl sites for hydroxylation is 1. The van der Waals surface area contributed by atoms with E-state index in [-0.39, 0.29) is 0 Å². The second-order valence-corrected chi connectivity index (χ2v) is 2.83. The zero-order valence-corrected chi connectivity index (χ0v) is 6.84. The number of nitrogens with zero attached hydrogens (tertiary/aromatic N) is 2. The van der Waals surface area contributed by atoms with Gasteiger partial charge in [0.25, 0.3) is 0 Å². The Kier molecular flexibility index (Phi) is 1.36. The molecule has 2 aromatic rings. The summed E-state index contributed by atoms with van der Waals surface area (Å²) in [5.74, 6) is 0. The van der Waals surface area contributed by atoms with Gasteiger partial charge in [-0.05, 0) is 18.2 Å². The van der Waals surface area contributed by atoms with Gasteiger partial charge in [0.15, 0.2) is 0 Å². The molecule has 0 bridgehead atoms. The predicted octanol–water partition coefficient (Wildman–Crippen LogP) is 2.23. The summed E-state index contributed by atoms with van der Waals surface area (Å²) in [5, 5.41) is 1.80. The second kappa shape index (κ2) is 2.24. The zero-order chi connectivity index (χ0) is 7.84. The molecular formula is C8H7ClN2. The van der Waals surface area contributed by atoms with E-state index in [4.69, 9.17) is 11.6 Å². The van der Waals surface area contributed by atoms with Crippen LogP contribution in [-0.4, -0.2) is 9.55 Å². The van der Waals surface area contributed by atoms with Crippen LogP contribution >= 0.6 is 11.6 Å². The van der Waals surface area contributed by atoms with Gasteiger partial charge in [0.2, 0.25) is 0 Å². The van der Waals surface area contributed by atoms with Crippen molar-refractivity contribution in [2.75, 3.05) is 0 Å². The normalized spacial score (nSPS) is 10.7. The Labute approximate surface area is 69.4 Å². The average molecular weight is 167 g/mol. The molecule has 56 valence electrons. The Bertz CT molecular complexity index is 392. The molecule has 0 amide bonds. The Balaban J connectivity index is 2.92. The molecule has 2 rings (SSSR count). The van der Waals surface area contributed by atoms with E-state index in [1.807, 2.05) is 29.8 Å². The maximum atomic E-state index is 5.88. The Morgan fingerprint density at radius 3 is 3.09 bits per heavy atom. The average Bonchev–Trinajstić information content (AvgIpc) is 2.30. The van der Waals surface area contributed by atoms with Crippen LogP contribution in [0.15, 0.2) is 24.4 Å². The molecule has 0 saturated heterocycles. The number of rotatable bonds is 0. The summed E-state index contributed by atoms with van der Waals surface area (Å²) < 4.78 is 1.86. The lowest BCUT2D eigenvalue weighted by atomic mass is 10.3. The molecule has 0 aliphatic heterocycles. The molecule has 0 fully saturated rings. The summed E-state index contributed by atoms with van der Waals surface area (Å²) in [5.41, 5.74) is 0.928. The third-order valence-electron chi connectivity index (χ3n) is 1.73. The van der Waals surface area contributed by atoms with Gasteiger partial charge < -0.3 is 4.57 Å². The molecule has 0 aliphatic rings. The lowest BCUT2D eigenvalue weighted by Gasteiger charge is -1.93. The number of pyridine rings is 1. The highest BCUT2D eigenvalue weighted by molar-refractivity contribution is 6.30. The van der Waals surface area contributed by atoms with E-state index in [0.717, 1.165) is 16.2 Å². The van der Waals surface area contributed by atoms with Crippen LogP contribution in [0.4, 0.5) is 0 Å². The first kappa shape index (κ1) is 6.68. The van der Waals surface area contributed by atoms with Crippen molar-refractivity contribution in [3.8, 4) is 0 Å². The summed E-state index contributed by atoms with van der Waals surface area (Å²) in [6.45, 7) is 0. The van der Waals surface area contributed by atoms with Crippen LogP contribution in [0, 0.1) is 0 Å². The van der Waals surface area contributed by atoms with E-state index in [2.05, 4.69) is 4.98 Å². The minimum atomic E-state index is 0.721. The molecule has 0 unspecified atom stereocenters. The van der Waals surface area contributed by atoms with Crippen molar-refractivity contribution in [3.63, 3.8) is 0 Å². The lowest BCUT2D eigenvalue weighted by Crippen LogP contribution is -1.87. The smallest absolute Gasteiger partial charge is 0.140 e. The monoisotopic (exact) mass is 166 g/mol. The largest absolute Gasteiger partial charge is 0.320 e. The van der Waals surface area contributed by atoms with Crippen molar-refractivity contribution in [2.24, 2.45) is 7.05 Å². The fourth-order valence-corrected chi connectivity index (χ4v) is 1.33. The van der Waals surface area contributed by atoms with Crippen LogP contribution in [0.1, 0.15) is 0 Å². The minimum absolute atomic E-state index is 0.721. The maximum Gasteiger partial charge on any atom is 0.140 e. The molecule has 0 radical (unpaired) electrons. The second-order valence-electron chi connectivity index (χ2n) is 2.44. The SMILES string of the molecule is Cn1c(Cl)cc2cccnc21. The summed E-state index contributed by atoms with van der Waals surface area (Å²) in [6, 6.07) is 5.80. The van der Waals surface area contributed by atoms with Gasteiger partial charge in [-0.15, -0.1) is 0 Å². The molecule has 0 N–H and O–H groups in total. The van der Waals surface area contributed by atoms with Gasteiger partial charge in [0, 0.05) is 18.6 Å². The highest BCUT2D eigenvalue weighted by Crippen LogP contribution is 2.19. The fraction of sp³-hybridized carbons (Fsp3) is 0.125. The van der Waals surface area contributed by atoms with Crippen molar-refractivity contribution in [2.45, 2.75) is 0 Å². The van der Waals surface area contributed by atoms with Crippen LogP contribution in [0.3, 0.4) is 0 Å². The van der Waals surface area contributed by atoms with Crippen molar-refractivity contribution in [1.82, 2.24) is 9.55 Å². The summed E-state index contributed by atoms with van der Waals surface area (Å²) in [6.07, 6.45) is 1.76. The van der Waals surface area contributed by atoms with Gasteiger partial charge in [-0.3, -0.25) is 0 Å². The number of hydrogen-bond donors (Lipinski definition) is 0. The van der Waals surface area contributed by atoms with E-state index in [1.165, 1.54) is 0 Å². The number of hydrogen-bond acceptors (Lipinski definition) is 1. The summed E-state index contributed by atoms with van der Waals surface area (Å²) in [7, 11) is 1.90. The highest BCUT2D eigenvalue weighted by Gasteiger charge is 2.01. The fourth-order valence-electron chi connectivity index (χ4n) is 1.13. The molecule has 2 heterocycles. The first-order valence-corrected chi connectivity index (χ1v) is 3.73. The van der Waals surface area contributed by atoms with Crippen molar-refractivity contribution in [1.29, 1.82) is 0 Å². The topological polar surface area (TPSA) is 17.8 Å². The maximum absolute atomic E-state index is 5.88. The molecule has 2 aromatic heterocycles. The van der Waals surface area contributed by atoms with E-state index in [9.17, 15) is 0 Å². The van der Waals surface area contributed by atoms with Gasteiger partial charge in [0.05, 0.1) is 0 Å². The molecule has 3 heteroatoms. The molecular weight excluding hydrogens is 160 g/mol. The number of fused-ring (bicyclic) bond motifs is 1. The van der Waals surface area contributed by atoms with Crippen molar-refractivity contribution >= 4 is 22.6 Å². The molecule has 0 aliphatic carbocycles. The Morgan fingerprint density at radius 1 is 1.55 bits per heavy atom. The third kappa shape index (κ3) is 0.906. The van der Waals surface area contributed by atoms with E-state index in [1.54, 1.807) is 6.20 Å². The summed E-state index contributed by atoms with van der Waals surface area (Å²) >= 11 is 5.88. The lowest BCUT2D eigenvalue weighted by molar-refractivity contribution is 0.949. The van der Waals surface area contributed by atoms with E-state index in [0.29, 0.717) is 0 Å². The summed E-state index contributed by atoms with van der Waals surface area (Å²) in [4.78, 5) is 4.18. The van der Waals surface area contributed by atoms with Crippen molar-refractivity contribution in [3.05, 3.63) is 29.5 Å². The van der Waals surface area contributed by atoms with Crippen LogP contribution in [0.25, 0.3) is 11.0 Å². The van der Waals surface area contributed by atoms with Crippen LogP contribution in [0.2, 0.25) is 5.15 Å². The number of halogens is 1.